The minimum absolute atomic E-state index is 0. The largest absolute Gasteiger partial charge is 0.493 e. The van der Waals surface area contributed by atoms with Crippen LogP contribution in [0, 0.1) is 12.8 Å². The van der Waals surface area contributed by atoms with Crippen molar-refractivity contribution in [2.24, 2.45) is 5.92 Å². The molecule has 0 bridgehead atoms. The summed E-state index contributed by atoms with van der Waals surface area (Å²) in [4.78, 5) is 12.9. The summed E-state index contributed by atoms with van der Waals surface area (Å²) in [5.41, 5.74) is 3.47. The van der Waals surface area contributed by atoms with Crippen molar-refractivity contribution < 1.29 is 14.3 Å². The van der Waals surface area contributed by atoms with Crippen LogP contribution in [0.4, 0.5) is 0 Å². The van der Waals surface area contributed by atoms with Crippen LogP contribution < -0.4 is 20.1 Å². The molecule has 0 radical (unpaired) electrons. The van der Waals surface area contributed by atoms with E-state index in [-0.39, 0.29) is 30.3 Å². The maximum absolute atomic E-state index is 12.9. The average molecular weight is 419 g/mol. The first kappa shape index (κ1) is 23.0. The van der Waals surface area contributed by atoms with Gasteiger partial charge >= 0.3 is 0 Å². The predicted octanol–water partition coefficient (Wildman–Crippen LogP) is 3.83. The molecule has 0 aromatic heterocycles. The zero-order chi connectivity index (χ0) is 19.9. The smallest absolute Gasteiger partial charge is 0.223 e. The molecule has 2 N–H and O–H groups in total. The molecule has 1 fully saturated rings. The zero-order valence-electron chi connectivity index (χ0n) is 17.4. The Morgan fingerprint density at radius 2 is 1.79 bits per heavy atom. The van der Waals surface area contributed by atoms with Crippen molar-refractivity contribution >= 4 is 18.3 Å². The van der Waals surface area contributed by atoms with Gasteiger partial charge in [-0.3, -0.25) is 4.79 Å². The van der Waals surface area contributed by atoms with Crippen LogP contribution in [-0.4, -0.2) is 33.2 Å². The summed E-state index contributed by atoms with van der Waals surface area (Å²) in [5, 5.41) is 6.62. The van der Waals surface area contributed by atoms with Crippen molar-refractivity contribution in [1.29, 1.82) is 0 Å². The number of carbonyl (C=O) groups excluding carboxylic acids is 1. The number of rotatable bonds is 7. The Hall–Kier alpha value is -2.24. The van der Waals surface area contributed by atoms with Gasteiger partial charge in [-0.15, -0.1) is 12.4 Å². The Bertz CT molecular complexity index is 806. The molecule has 6 heteroatoms. The van der Waals surface area contributed by atoms with Crippen molar-refractivity contribution in [3.63, 3.8) is 0 Å². The molecule has 1 aliphatic rings. The van der Waals surface area contributed by atoms with Gasteiger partial charge in [0, 0.05) is 5.92 Å². The van der Waals surface area contributed by atoms with Crippen LogP contribution in [0.5, 0.6) is 11.5 Å². The third-order valence-electron chi connectivity index (χ3n) is 5.52. The molecule has 158 valence electrons. The van der Waals surface area contributed by atoms with Gasteiger partial charge in [-0.05, 0) is 68.1 Å². The van der Waals surface area contributed by atoms with E-state index in [1.54, 1.807) is 14.2 Å². The lowest BCUT2D eigenvalue weighted by Gasteiger charge is -2.26. The van der Waals surface area contributed by atoms with E-state index in [4.69, 9.17) is 9.47 Å². The number of piperidine rings is 1. The first-order chi connectivity index (χ1) is 13.6. The number of amides is 1. The summed E-state index contributed by atoms with van der Waals surface area (Å²) in [7, 11) is 3.26. The van der Waals surface area contributed by atoms with Crippen molar-refractivity contribution in [2.45, 2.75) is 32.2 Å². The number of hydrogen-bond donors (Lipinski definition) is 2. The highest BCUT2D eigenvalue weighted by atomic mass is 35.5. The Morgan fingerprint density at radius 1 is 1.10 bits per heavy atom. The van der Waals surface area contributed by atoms with E-state index in [9.17, 15) is 4.79 Å². The monoisotopic (exact) mass is 418 g/mol. The van der Waals surface area contributed by atoms with Crippen molar-refractivity contribution in [2.75, 3.05) is 27.3 Å². The van der Waals surface area contributed by atoms with Crippen molar-refractivity contribution in [1.82, 2.24) is 10.6 Å². The first-order valence-electron chi connectivity index (χ1n) is 9.90. The third-order valence-corrected chi connectivity index (χ3v) is 5.52. The minimum atomic E-state index is -0.122. The summed E-state index contributed by atoms with van der Waals surface area (Å²) in [6.07, 6.45) is 2.50. The Kier molecular flexibility index (Phi) is 8.80. The van der Waals surface area contributed by atoms with E-state index in [1.807, 2.05) is 30.3 Å². The van der Waals surface area contributed by atoms with Gasteiger partial charge in [0.1, 0.15) is 0 Å². The second-order valence-electron chi connectivity index (χ2n) is 7.33. The lowest BCUT2D eigenvalue weighted by atomic mass is 9.93. The second kappa shape index (κ2) is 11.1. The number of methoxy groups -OCH3 is 2. The Balaban J connectivity index is 0.00000300. The van der Waals surface area contributed by atoms with E-state index in [2.05, 4.69) is 29.7 Å². The molecular formula is C23H31ClN2O3. The molecule has 0 saturated carbocycles. The van der Waals surface area contributed by atoms with Crippen LogP contribution in [0.1, 0.15) is 35.6 Å². The average Bonchev–Trinajstić information content (AvgIpc) is 2.74. The fourth-order valence-corrected chi connectivity index (χ4v) is 3.75. The Labute approximate surface area is 179 Å². The van der Waals surface area contributed by atoms with Crippen molar-refractivity contribution in [3.05, 3.63) is 59.2 Å². The molecule has 0 aliphatic carbocycles. The number of nitrogens with one attached hydrogen (secondary N) is 2. The van der Waals surface area contributed by atoms with Crippen LogP contribution in [0.25, 0.3) is 0 Å². The molecule has 29 heavy (non-hydrogen) atoms. The first-order valence-corrected chi connectivity index (χ1v) is 9.90. The van der Waals surface area contributed by atoms with Gasteiger partial charge in [0.25, 0.3) is 0 Å². The fourth-order valence-electron chi connectivity index (χ4n) is 3.75. The molecule has 2 aromatic carbocycles. The van der Waals surface area contributed by atoms with Crippen molar-refractivity contribution in [3.8, 4) is 11.5 Å². The molecular weight excluding hydrogens is 388 g/mol. The van der Waals surface area contributed by atoms with Gasteiger partial charge in [-0.2, -0.15) is 0 Å². The second-order valence-corrected chi connectivity index (χ2v) is 7.33. The maximum atomic E-state index is 12.9. The molecule has 5 nitrogen and oxygen atoms in total. The highest BCUT2D eigenvalue weighted by molar-refractivity contribution is 5.85. The quantitative estimate of drug-likeness (QED) is 0.717. The highest BCUT2D eigenvalue weighted by Gasteiger charge is 2.25. The summed E-state index contributed by atoms with van der Waals surface area (Å²) in [6.45, 7) is 3.91. The van der Waals surface area contributed by atoms with Crippen LogP contribution in [0.15, 0.2) is 42.5 Å². The molecule has 1 atom stereocenters. The van der Waals surface area contributed by atoms with Gasteiger partial charge in [-0.1, -0.05) is 30.3 Å². The van der Waals surface area contributed by atoms with Gasteiger partial charge < -0.3 is 20.1 Å². The summed E-state index contributed by atoms with van der Waals surface area (Å²) in [6, 6.07) is 14.1. The van der Waals surface area contributed by atoms with E-state index >= 15 is 0 Å². The number of aryl methyl sites for hydroxylation is 1. The minimum Gasteiger partial charge on any atom is -0.493 e. The van der Waals surface area contributed by atoms with Crippen LogP contribution in [-0.2, 0) is 11.2 Å². The van der Waals surface area contributed by atoms with E-state index in [1.165, 1.54) is 11.1 Å². The molecule has 3 rings (SSSR count). The standard InChI is InChI=1S/C23H30N2O3.ClH/c1-16-6-4-5-7-18(16)14-20(25-23(26)17-10-12-24-13-11-17)19-8-9-21(27-2)22(15-19)28-3;/h4-9,15,17,20,24H,10-14H2,1-3H3,(H,25,26);1H. The Morgan fingerprint density at radius 3 is 2.45 bits per heavy atom. The van der Waals surface area contributed by atoms with Crippen LogP contribution >= 0.6 is 12.4 Å². The summed E-state index contributed by atoms with van der Waals surface area (Å²) < 4.78 is 10.8. The van der Waals surface area contributed by atoms with Gasteiger partial charge in [-0.25, -0.2) is 0 Å². The summed E-state index contributed by atoms with van der Waals surface area (Å²) in [5.74, 6) is 1.56. The lowest BCUT2D eigenvalue weighted by Crippen LogP contribution is -2.40. The fraction of sp³-hybridized carbons (Fsp3) is 0.435. The normalized spacial score (nSPS) is 15.1. The predicted molar refractivity (Wildman–Crippen MR) is 118 cm³/mol. The number of carbonyl (C=O) groups is 1. The maximum Gasteiger partial charge on any atom is 0.223 e. The molecule has 1 saturated heterocycles. The molecule has 1 unspecified atom stereocenters. The summed E-state index contributed by atoms with van der Waals surface area (Å²) >= 11 is 0. The van der Waals surface area contributed by atoms with Crippen LogP contribution in [0.2, 0.25) is 0 Å². The number of benzene rings is 2. The number of ether oxygens (including phenoxy) is 2. The molecule has 1 amide bonds. The zero-order valence-corrected chi connectivity index (χ0v) is 18.2. The molecule has 2 aromatic rings. The lowest BCUT2D eigenvalue weighted by molar-refractivity contribution is -0.126. The highest BCUT2D eigenvalue weighted by Crippen LogP contribution is 2.31. The van der Waals surface area contributed by atoms with E-state index in [0.29, 0.717) is 11.5 Å². The molecule has 0 spiro atoms. The topological polar surface area (TPSA) is 59.6 Å². The van der Waals surface area contributed by atoms with Gasteiger partial charge in [0.05, 0.1) is 20.3 Å². The van der Waals surface area contributed by atoms with Gasteiger partial charge in [0.15, 0.2) is 11.5 Å². The SMILES string of the molecule is COc1ccc(C(Cc2ccccc2C)NC(=O)C2CCNCC2)cc1OC.Cl. The van der Waals surface area contributed by atoms with Gasteiger partial charge in [0.2, 0.25) is 5.91 Å². The van der Waals surface area contributed by atoms with E-state index in [0.717, 1.165) is 37.9 Å². The van der Waals surface area contributed by atoms with Crippen LogP contribution in [0.3, 0.4) is 0 Å². The number of halogens is 1. The van der Waals surface area contributed by atoms with E-state index < -0.39 is 0 Å². The third kappa shape index (κ3) is 5.87. The number of hydrogen-bond acceptors (Lipinski definition) is 4. The molecule has 1 heterocycles. The molecule has 1 aliphatic heterocycles.